The van der Waals surface area contributed by atoms with Crippen molar-refractivity contribution in [3.63, 3.8) is 0 Å². The summed E-state index contributed by atoms with van der Waals surface area (Å²) >= 11 is 0. The van der Waals surface area contributed by atoms with Crippen LogP contribution in [0.5, 0.6) is 0 Å². The van der Waals surface area contributed by atoms with Gasteiger partial charge in [-0.1, -0.05) is 31.0 Å². The van der Waals surface area contributed by atoms with Crippen LogP contribution in [0.25, 0.3) is 0 Å². The quantitative estimate of drug-likeness (QED) is 0.947. The van der Waals surface area contributed by atoms with E-state index in [1.165, 1.54) is 18.4 Å². The Morgan fingerprint density at radius 3 is 2.87 bits per heavy atom. The summed E-state index contributed by atoms with van der Waals surface area (Å²) in [7, 11) is 0. The number of para-hydroxylation sites is 1. The monoisotopic (exact) mass is 308 g/mol. The zero-order chi connectivity index (χ0) is 15.6. The minimum Gasteiger partial charge on any atom is -0.351 e. The summed E-state index contributed by atoms with van der Waals surface area (Å²) in [5.41, 5.74) is 2.68. The van der Waals surface area contributed by atoms with Crippen LogP contribution >= 0.6 is 0 Å². The molecule has 2 heterocycles. The molecule has 1 aromatic heterocycles. The van der Waals surface area contributed by atoms with Crippen LogP contribution in [0, 0.1) is 0 Å². The zero-order valence-electron chi connectivity index (χ0n) is 13.0. The van der Waals surface area contributed by atoms with Crippen molar-refractivity contribution in [3.05, 3.63) is 47.8 Å². The summed E-state index contributed by atoms with van der Waals surface area (Å²) in [6.45, 7) is 0.716. The summed E-state index contributed by atoms with van der Waals surface area (Å²) in [4.78, 5) is 23.3. The number of nitrogens with zero attached hydrogens (tertiary/aromatic N) is 3. The van der Waals surface area contributed by atoms with E-state index in [0.717, 1.165) is 24.9 Å². The molecule has 0 saturated heterocycles. The number of carbonyl (C=O) groups is 1. The SMILES string of the molecule is O=C(c1ccnc(NC2CCCC2)n1)N1CCc2ccccc21. The molecule has 1 N–H and O–H groups in total. The Bertz CT molecular complexity index is 724. The first-order valence-electron chi connectivity index (χ1n) is 8.30. The number of rotatable bonds is 3. The second-order valence-corrected chi connectivity index (χ2v) is 6.23. The van der Waals surface area contributed by atoms with E-state index in [1.54, 1.807) is 12.3 Å². The summed E-state index contributed by atoms with van der Waals surface area (Å²) < 4.78 is 0. The molecule has 4 rings (SSSR count). The van der Waals surface area contributed by atoms with E-state index < -0.39 is 0 Å². The van der Waals surface area contributed by atoms with Crippen molar-refractivity contribution < 1.29 is 4.79 Å². The highest BCUT2D eigenvalue weighted by Gasteiger charge is 2.26. The van der Waals surface area contributed by atoms with Gasteiger partial charge in [0.25, 0.3) is 5.91 Å². The molecule has 118 valence electrons. The van der Waals surface area contributed by atoms with Crippen LogP contribution in [0.1, 0.15) is 41.7 Å². The number of hydrogen-bond donors (Lipinski definition) is 1. The summed E-state index contributed by atoms with van der Waals surface area (Å²) in [6, 6.07) is 10.2. The van der Waals surface area contributed by atoms with Gasteiger partial charge in [-0.15, -0.1) is 0 Å². The first-order chi connectivity index (χ1) is 11.3. The Balaban J connectivity index is 1.55. The van der Waals surface area contributed by atoms with Crippen LogP contribution in [-0.4, -0.2) is 28.5 Å². The first-order valence-corrected chi connectivity index (χ1v) is 8.30. The van der Waals surface area contributed by atoms with Crippen molar-refractivity contribution in [2.24, 2.45) is 0 Å². The predicted molar refractivity (Wildman–Crippen MR) is 89.7 cm³/mol. The topological polar surface area (TPSA) is 58.1 Å². The van der Waals surface area contributed by atoms with E-state index in [0.29, 0.717) is 24.2 Å². The zero-order valence-corrected chi connectivity index (χ0v) is 13.0. The lowest BCUT2D eigenvalue weighted by Crippen LogP contribution is -2.30. The lowest BCUT2D eigenvalue weighted by Gasteiger charge is -2.17. The van der Waals surface area contributed by atoms with Gasteiger partial charge in [-0.3, -0.25) is 4.79 Å². The molecule has 1 aliphatic carbocycles. The summed E-state index contributed by atoms with van der Waals surface area (Å²) in [6.07, 6.45) is 7.38. The second-order valence-electron chi connectivity index (χ2n) is 6.23. The molecule has 2 aromatic rings. The first kappa shape index (κ1) is 14.2. The average molecular weight is 308 g/mol. The molecule has 23 heavy (non-hydrogen) atoms. The van der Waals surface area contributed by atoms with Crippen LogP contribution in [0.4, 0.5) is 11.6 Å². The third-order valence-electron chi connectivity index (χ3n) is 4.70. The van der Waals surface area contributed by atoms with Gasteiger partial charge >= 0.3 is 0 Å². The highest BCUT2D eigenvalue weighted by atomic mass is 16.2. The van der Waals surface area contributed by atoms with Gasteiger partial charge in [-0.05, 0) is 37.0 Å². The van der Waals surface area contributed by atoms with E-state index in [-0.39, 0.29) is 5.91 Å². The van der Waals surface area contributed by atoms with Gasteiger partial charge in [0.2, 0.25) is 5.95 Å². The van der Waals surface area contributed by atoms with Crippen LogP contribution in [0.3, 0.4) is 0 Å². The van der Waals surface area contributed by atoms with Gasteiger partial charge in [0.1, 0.15) is 5.69 Å². The van der Waals surface area contributed by atoms with Gasteiger partial charge in [-0.25, -0.2) is 9.97 Å². The fourth-order valence-electron chi connectivity index (χ4n) is 3.49. The van der Waals surface area contributed by atoms with Crippen molar-refractivity contribution in [2.45, 2.75) is 38.1 Å². The normalized spacial score (nSPS) is 17.3. The highest BCUT2D eigenvalue weighted by molar-refractivity contribution is 6.06. The molecule has 0 radical (unpaired) electrons. The number of carbonyl (C=O) groups excluding carboxylic acids is 1. The number of aromatic nitrogens is 2. The maximum Gasteiger partial charge on any atom is 0.277 e. The average Bonchev–Trinajstić information content (AvgIpc) is 3.24. The van der Waals surface area contributed by atoms with E-state index in [4.69, 9.17) is 0 Å². The number of nitrogens with one attached hydrogen (secondary N) is 1. The number of benzene rings is 1. The Hall–Kier alpha value is -2.43. The van der Waals surface area contributed by atoms with E-state index >= 15 is 0 Å². The molecule has 1 aliphatic heterocycles. The van der Waals surface area contributed by atoms with E-state index in [1.807, 2.05) is 23.1 Å². The van der Waals surface area contributed by atoms with Crippen LogP contribution < -0.4 is 10.2 Å². The Labute approximate surface area is 135 Å². The van der Waals surface area contributed by atoms with Gasteiger partial charge in [0.15, 0.2) is 0 Å². The smallest absolute Gasteiger partial charge is 0.277 e. The van der Waals surface area contributed by atoms with Gasteiger partial charge < -0.3 is 10.2 Å². The van der Waals surface area contributed by atoms with Crippen LogP contribution in [-0.2, 0) is 6.42 Å². The summed E-state index contributed by atoms with van der Waals surface area (Å²) in [5, 5.41) is 3.35. The van der Waals surface area contributed by atoms with Crippen molar-refractivity contribution in [1.29, 1.82) is 0 Å². The molecular weight excluding hydrogens is 288 g/mol. The molecule has 1 saturated carbocycles. The molecule has 1 fully saturated rings. The minimum atomic E-state index is -0.0492. The maximum absolute atomic E-state index is 12.8. The second kappa shape index (κ2) is 5.99. The molecule has 5 heteroatoms. The molecule has 1 aromatic carbocycles. The summed E-state index contributed by atoms with van der Waals surface area (Å²) in [5.74, 6) is 0.516. The molecule has 0 bridgehead atoms. The number of fused-ring (bicyclic) bond motifs is 1. The Kier molecular flexibility index (Phi) is 3.69. The van der Waals surface area contributed by atoms with Crippen molar-refractivity contribution in [1.82, 2.24) is 9.97 Å². The van der Waals surface area contributed by atoms with Crippen molar-refractivity contribution in [3.8, 4) is 0 Å². The minimum absolute atomic E-state index is 0.0492. The van der Waals surface area contributed by atoms with Crippen LogP contribution in [0.15, 0.2) is 36.5 Å². The predicted octanol–water partition coefficient (Wildman–Crippen LogP) is 3.03. The molecule has 0 unspecified atom stereocenters. The van der Waals surface area contributed by atoms with Crippen LogP contribution in [0.2, 0.25) is 0 Å². The largest absolute Gasteiger partial charge is 0.351 e. The van der Waals surface area contributed by atoms with E-state index in [9.17, 15) is 4.79 Å². The molecule has 0 spiro atoms. The van der Waals surface area contributed by atoms with Crippen molar-refractivity contribution in [2.75, 3.05) is 16.8 Å². The number of anilines is 2. The third-order valence-corrected chi connectivity index (χ3v) is 4.70. The third kappa shape index (κ3) is 2.79. The Morgan fingerprint density at radius 2 is 2.00 bits per heavy atom. The molecule has 0 atom stereocenters. The fraction of sp³-hybridized carbons (Fsp3) is 0.389. The number of hydrogen-bond acceptors (Lipinski definition) is 4. The van der Waals surface area contributed by atoms with Gasteiger partial charge in [-0.2, -0.15) is 0 Å². The van der Waals surface area contributed by atoms with Crippen molar-refractivity contribution >= 4 is 17.5 Å². The molecule has 5 nitrogen and oxygen atoms in total. The van der Waals surface area contributed by atoms with Gasteiger partial charge in [0, 0.05) is 24.5 Å². The Morgan fingerprint density at radius 1 is 1.17 bits per heavy atom. The highest BCUT2D eigenvalue weighted by Crippen LogP contribution is 2.28. The maximum atomic E-state index is 12.8. The molecule has 1 amide bonds. The van der Waals surface area contributed by atoms with Gasteiger partial charge in [0.05, 0.1) is 0 Å². The molecular formula is C18H20N4O. The van der Waals surface area contributed by atoms with E-state index in [2.05, 4.69) is 21.4 Å². The standard InChI is InChI=1S/C18H20N4O/c23-17(22-12-10-13-5-1-4-8-16(13)22)15-9-11-19-18(21-15)20-14-6-2-3-7-14/h1,4-5,8-9,11,14H,2-3,6-7,10,12H2,(H,19,20,21). The lowest BCUT2D eigenvalue weighted by atomic mass is 10.2. The lowest BCUT2D eigenvalue weighted by molar-refractivity contribution is 0.0984. The fourth-order valence-corrected chi connectivity index (χ4v) is 3.49. The molecule has 2 aliphatic rings. The number of amides is 1.